The second-order valence-electron chi connectivity index (χ2n) is 9.21. The van der Waals surface area contributed by atoms with Gasteiger partial charge < -0.3 is 0 Å². The minimum absolute atomic E-state index is 1.14. The molecule has 1 aromatic carbocycles. The summed E-state index contributed by atoms with van der Waals surface area (Å²) < 4.78 is 2.32. The Morgan fingerprint density at radius 1 is 0.548 bits per heavy atom. The third-order valence-corrected chi connectivity index (χ3v) is 6.23. The number of benzene rings is 1. The van der Waals surface area contributed by atoms with Gasteiger partial charge in [0, 0.05) is 18.6 Å². The Kier molecular flexibility index (Phi) is 13.7. The summed E-state index contributed by atoms with van der Waals surface area (Å²) >= 11 is 0. The zero-order valence-corrected chi connectivity index (χ0v) is 20.3. The van der Waals surface area contributed by atoms with Crippen molar-refractivity contribution in [3.8, 4) is 0 Å². The van der Waals surface area contributed by atoms with Crippen LogP contribution in [-0.4, -0.2) is 0 Å². The molecule has 31 heavy (non-hydrogen) atoms. The molecule has 0 spiro atoms. The third-order valence-electron chi connectivity index (χ3n) is 6.23. The van der Waals surface area contributed by atoms with Crippen LogP contribution in [-0.2, 0) is 6.54 Å². The fourth-order valence-corrected chi connectivity index (χ4v) is 4.09. The highest BCUT2D eigenvalue weighted by Gasteiger charge is 2.00. The summed E-state index contributed by atoms with van der Waals surface area (Å²) in [6.45, 7) is 5.56. The van der Waals surface area contributed by atoms with Crippen molar-refractivity contribution in [3.63, 3.8) is 0 Å². The Bertz CT molecular complexity index is 696. The van der Waals surface area contributed by atoms with E-state index in [9.17, 15) is 0 Å². The zero-order chi connectivity index (χ0) is 22.0. The summed E-state index contributed by atoms with van der Waals surface area (Å²) in [6.07, 6.45) is 28.7. The van der Waals surface area contributed by atoms with E-state index in [-0.39, 0.29) is 0 Å². The average molecular weight is 421 g/mol. The quantitative estimate of drug-likeness (QED) is 0.178. The smallest absolute Gasteiger partial charge is 0.169 e. The first-order valence-electron chi connectivity index (χ1n) is 13.0. The van der Waals surface area contributed by atoms with Gasteiger partial charge in [-0.05, 0) is 24.5 Å². The number of hydrogen-bond acceptors (Lipinski definition) is 0. The van der Waals surface area contributed by atoms with Crippen LogP contribution in [0.4, 0.5) is 0 Å². The number of aromatic nitrogens is 1. The normalized spacial score (nSPS) is 11.4. The van der Waals surface area contributed by atoms with E-state index >= 15 is 0 Å². The Morgan fingerprint density at radius 3 is 1.45 bits per heavy atom. The van der Waals surface area contributed by atoms with Crippen LogP contribution in [0.3, 0.4) is 0 Å². The second kappa shape index (κ2) is 16.8. The van der Waals surface area contributed by atoms with Gasteiger partial charge in [0.15, 0.2) is 12.4 Å². The molecule has 0 saturated carbocycles. The molecule has 0 atom stereocenters. The SMILES string of the molecule is CCCCCCCCCCCCCCCC[n+]1ccc(/C=C/c2ccc(C)cc2)cc1. The van der Waals surface area contributed by atoms with E-state index < -0.39 is 0 Å². The van der Waals surface area contributed by atoms with Crippen molar-refractivity contribution in [1.29, 1.82) is 0 Å². The van der Waals surface area contributed by atoms with Gasteiger partial charge in [0.05, 0.1) is 0 Å². The lowest BCUT2D eigenvalue weighted by atomic mass is 10.0. The first kappa shape index (κ1) is 25.4. The monoisotopic (exact) mass is 420 g/mol. The lowest BCUT2D eigenvalue weighted by molar-refractivity contribution is -0.697. The Labute approximate surface area is 192 Å². The van der Waals surface area contributed by atoms with Gasteiger partial charge in [0.2, 0.25) is 0 Å². The van der Waals surface area contributed by atoms with Crippen LogP contribution in [0.2, 0.25) is 0 Å². The van der Waals surface area contributed by atoms with Crippen LogP contribution >= 0.6 is 0 Å². The van der Waals surface area contributed by atoms with E-state index in [1.54, 1.807) is 0 Å². The maximum absolute atomic E-state index is 2.32. The number of hydrogen-bond donors (Lipinski definition) is 0. The first-order chi connectivity index (χ1) is 15.3. The lowest BCUT2D eigenvalue weighted by Gasteiger charge is -2.03. The number of aryl methyl sites for hydroxylation is 2. The van der Waals surface area contributed by atoms with Gasteiger partial charge in [0.1, 0.15) is 6.54 Å². The van der Waals surface area contributed by atoms with Crippen molar-refractivity contribution in [2.45, 2.75) is 110 Å². The number of nitrogens with zero attached hydrogens (tertiary/aromatic N) is 1. The highest BCUT2D eigenvalue weighted by atomic mass is 14.9. The van der Waals surface area contributed by atoms with Crippen LogP contribution in [0.5, 0.6) is 0 Å². The fraction of sp³-hybridized carbons (Fsp3) is 0.567. The van der Waals surface area contributed by atoms with Crippen molar-refractivity contribution in [3.05, 3.63) is 65.5 Å². The molecule has 0 unspecified atom stereocenters. The van der Waals surface area contributed by atoms with Gasteiger partial charge in [-0.2, -0.15) is 0 Å². The highest BCUT2D eigenvalue weighted by molar-refractivity contribution is 5.69. The van der Waals surface area contributed by atoms with Gasteiger partial charge >= 0.3 is 0 Å². The highest BCUT2D eigenvalue weighted by Crippen LogP contribution is 2.13. The minimum atomic E-state index is 1.14. The van der Waals surface area contributed by atoms with Crippen LogP contribution < -0.4 is 4.57 Å². The maximum Gasteiger partial charge on any atom is 0.169 e. The molecule has 0 saturated heterocycles. The van der Waals surface area contributed by atoms with Crippen LogP contribution in [0.25, 0.3) is 12.2 Å². The summed E-state index contributed by atoms with van der Waals surface area (Å²) in [5.74, 6) is 0. The molecule has 2 aromatic rings. The maximum atomic E-state index is 2.32. The number of pyridine rings is 1. The largest absolute Gasteiger partial charge is 0.205 e. The van der Waals surface area contributed by atoms with Crippen molar-refractivity contribution in [2.75, 3.05) is 0 Å². The van der Waals surface area contributed by atoms with Crippen molar-refractivity contribution in [2.24, 2.45) is 0 Å². The second-order valence-corrected chi connectivity index (χ2v) is 9.21. The van der Waals surface area contributed by atoms with E-state index in [1.807, 2.05) is 0 Å². The molecular formula is C30H46N+. The number of rotatable bonds is 17. The molecule has 0 N–H and O–H groups in total. The molecule has 0 bridgehead atoms. The predicted octanol–water partition coefficient (Wildman–Crippen LogP) is 8.93. The molecule has 170 valence electrons. The van der Waals surface area contributed by atoms with Crippen molar-refractivity contribution in [1.82, 2.24) is 0 Å². The van der Waals surface area contributed by atoms with Gasteiger partial charge in [-0.3, -0.25) is 0 Å². The molecule has 0 aliphatic rings. The predicted molar refractivity (Wildman–Crippen MR) is 137 cm³/mol. The summed E-state index contributed by atoms with van der Waals surface area (Å²) in [7, 11) is 0. The molecular weight excluding hydrogens is 374 g/mol. The molecule has 0 amide bonds. The zero-order valence-electron chi connectivity index (χ0n) is 20.3. The van der Waals surface area contributed by atoms with Gasteiger partial charge in [0.25, 0.3) is 0 Å². The van der Waals surface area contributed by atoms with E-state index in [1.165, 1.54) is 107 Å². The van der Waals surface area contributed by atoms with Gasteiger partial charge in [-0.25, -0.2) is 4.57 Å². The molecule has 1 heteroatoms. The lowest BCUT2D eigenvalue weighted by Crippen LogP contribution is -2.32. The van der Waals surface area contributed by atoms with E-state index in [2.05, 4.69) is 79.4 Å². The molecule has 0 aliphatic heterocycles. The summed E-state index contributed by atoms with van der Waals surface area (Å²) in [4.78, 5) is 0. The van der Waals surface area contributed by atoms with Crippen molar-refractivity contribution < 1.29 is 4.57 Å². The summed E-state index contributed by atoms with van der Waals surface area (Å²) in [6, 6.07) is 13.1. The topological polar surface area (TPSA) is 3.88 Å². The summed E-state index contributed by atoms with van der Waals surface area (Å²) in [5, 5.41) is 0. The minimum Gasteiger partial charge on any atom is -0.205 e. The van der Waals surface area contributed by atoms with Crippen molar-refractivity contribution >= 4 is 12.2 Å². The molecule has 1 aromatic heterocycles. The molecule has 0 aliphatic carbocycles. The molecule has 1 nitrogen and oxygen atoms in total. The van der Waals surface area contributed by atoms with Crippen LogP contribution in [0.1, 0.15) is 114 Å². The van der Waals surface area contributed by atoms with Gasteiger partial charge in [-0.1, -0.05) is 126 Å². The number of unbranched alkanes of at least 4 members (excludes halogenated alkanes) is 13. The van der Waals surface area contributed by atoms with Crippen LogP contribution in [0.15, 0.2) is 48.8 Å². The van der Waals surface area contributed by atoms with Crippen LogP contribution in [0, 0.1) is 6.92 Å². The van der Waals surface area contributed by atoms with E-state index in [0.717, 1.165) is 6.54 Å². The fourth-order valence-electron chi connectivity index (χ4n) is 4.09. The standard InChI is InChI=1S/C30H46N/c1-3-4-5-6-7-8-9-10-11-12-13-14-15-16-25-31-26-23-30(24-27-31)22-21-29-19-17-28(2)18-20-29/h17-24,26-27H,3-16,25H2,1-2H3/q+1/b22-21+. The molecule has 1 heterocycles. The Balaban J connectivity index is 1.45. The Morgan fingerprint density at radius 2 is 0.968 bits per heavy atom. The first-order valence-corrected chi connectivity index (χ1v) is 13.0. The summed E-state index contributed by atoms with van der Waals surface area (Å²) in [5.41, 5.74) is 3.82. The van der Waals surface area contributed by atoms with E-state index in [0.29, 0.717) is 0 Å². The Hall–Kier alpha value is -1.89. The van der Waals surface area contributed by atoms with E-state index in [4.69, 9.17) is 0 Å². The third kappa shape index (κ3) is 12.5. The molecule has 2 rings (SSSR count). The average Bonchev–Trinajstić information content (AvgIpc) is 2.80. The molecule has 0 radical (unpaired) electrons. The molecule has 0 fully saturated rings. The van der Waals surface area contributed by atoms with Gasteiger partial charge in [-0.15, -0.1) is 0 Å².